The molecule has 0 bridgehead atoms. The van der Waals surface area contributed by atoms with Gasteiger partial charge in [-0.05, 0) is 30.6 Å². The van der Waals surface area contributed by atoms with Crippen LogP contribution in [0.2, 0.25) is 0 Å². The van der Waals surface area contributed by atoms with Crippen molar-refractivity contribution in [3.63, 3.8) is 0 Å². The van der Waals surface area contributed by atoms with E-state index in [9.17, 15) is 0 Å². The third kappa shape index (κ3) is 2.93. The molecule has 0 radical (unpaired) electrons. The van der Waals surface area contributed by atoms with E-state index in [0.717, 1.165) is 24.9 Å². The van der Waals surface area contributed by atoms with Gasteiger partial charge in [-0.1, -0.05) is 13.8 Å². The summed E-state index contributed by atoms with van der Waals surface area (Å²) in [6.07, 6.45) is 2.42. The van der Waals surface area contributed by atoms with Crippen LogP contribution in [0.3, 0.4) is 0 Å². The van der Waals surface area contributed by atoms with Gasteiger partial charge in [0.1, 0.15) is 0 Å². The minimum Gasteiger partial charge on any atom is -0.385 e. The number of nitrogens with one attached hydrogen (secondary N) is 1. The van der Waals surface area contributed by atoms with Crippen molar-refractivity contribution in [3.05, 3.63) is 0 Å². The normalized spacial score (nSPS) is 31.4. The van der Waals surface area contributed by atoms with E-state index < -0.39 is 0 Å². The monoisotopic (exact) mass is 186 g/mol. The molecule has 0 aromatic rings. The van der Waals surface area contributed by atoms with Gasteiger partial charge in [0.2, 0.25) is 0 Å². The molecule has 4 unspecified atom stereocenters. The Bertz CT molecular complexity index is 152. The van der Waals surface area contributed by atoms with Crippen LogP contribution in [0.15, 0.2) is 0 Å². The first kappa shape index (κ1) is 11.0. The smallest absolute Gasteiger partial charge is 0.0465 e. The lowest BCUT2D eigenvalue weighted by Gasteiger charge is -2.23. The Hall–Kier alpha value is -0.120. The molecule has 78 valence electrons. The molecule has 0 spiro atoms. The molecule has 0 aromatic heterocycles. The molecule has 13 heavy (non-hydrogen) atoms. The Morgan fingerprint density at radius 2 is 2.23 bits per heavy atom. The van der Waals surface area contributed by atoms with E-state index in [1.54, 1.807) is 7.11 Å². The maximum atomic E-state index is 5.56. The molecule has 3 nitrogen and oxygen atoms in total. The van der Waals surface area contributed by atoms with Crippen molar-refractivity contribution in [1.82, 2.24) is 5.43 Å². The summed E-state index contributed by atoms with van der Waals surface area (Å²) in [7, 11) is 1.75. The van der Waals surface area contributed by atoms with E-state index in [4.69, 9.17) is 10.6 Å². The molecule has 4 atom stereocenters. The number of rotatable bonds is 6. The number of hydrogen-bond acceptors (Lipinski definition) is 3. The molecule has 0 saturated heterocycles. The van der Waals surface area contributed by atoms with Crippen molar-refractivity contribution < 1.29 is 4.74 Å². The second-order valence-corrected chi connectivity index (χ2v) is 4.33. The van der Waals surface area contributed by atoms with Crippen molar-refractivity contribution in [1.29, 1.82) is 0 Å². The van der Waals surface area contributed by atoms with Crippen molar-refractivity contribution in [2.45, 2.75) is 32.7 Å². The van der Waals surface area contributed by atoms with E-state index >= 15 is 0 Å². The van der Waals surface area contributed by atoms with Gasteiger partial charge < -0.3 is 4.74 Å². The van der Waals surface area contributed by atoms with E-state index in [0.29, 0.717) is 12.0 Å². The second-order valence-electron chi connectivity index (χ2n) is 4.33. The molecule has 3 heteroatoms. The van der Waals surface area contributed by atoms with Crippen molar-refractivity contribution in [2.24, 2.45) is 23.6 Å². The number of hydrazine groups is 1. The van der Waals surface area contributed by atoms with Crippen LogP contribution in [-0.4, -0.2) is 19.8 Å². The summed E-state index contributed by atoms with van der Waals surface area (Å²) >= 11 is 0. The average molecular weight is 186 g/mol. The Morgan fingerprint density at radius 1 is 1.62 bits per heavy atom. The van der Waals surface area contributed by atoms with Crippen LogP contribution in [0.5, 0.6) is 0 Å². The first-order chi connectivity index (χ1) is 6.20. The highest BCUT2D eigenvalue weighted by Gasteiger charge is 2.40. The standard InChI is InChI=1S/C10H22N2O/c1-7(4-5-13-3)10(12-11)9-6-8(9)2/h7-10,12H,4-6,11H2,1-3H3. The number of ether oxygens (including phenoxy) is 1. The Kier molecular flexibility index (Phi) is 4.16. The first-order valence-corrected chi connectivity index (χ1v) is 5.15. The summed E-state index contributed by atoms with van der Waals surface area (Å²) in [5.74, 6) is 7.81. The van der Waals surface area contributed by atoms with Gasteiger partial charge in [-0.15, -0.1) is 0 Å². The van der Waals surface area contributed by atoms with Crippen LogP contribution in [0.25, 0.3) is 0 Å². The van der Waals surface area contributed by atoms with Gasteiger partial charge in [0.05, 0.1) is 0 Å². The molecule has 3 N–H and O–H groups in total. The molecule has 1 saturated carbocycles. The van der Waals surface area contributed by atoms with Gasteiger partial charge in [-0.3, -0.25) is 11.3 Å². The highest BCUT2D eigenvalue weighted by Crippen LogP contribution is 2.42. The third-order valence-electron chi connectivity index (χ3n) is 3.22. The topological polar surface area (TPSA) is 47.3 Å². The molecule has 1 rings (SSSR count). The van der Waals surface area contributed by atoms with Crippen LogP contribution < -0.4 is 11.3 Å². The fourth-order valence-corrected chi connectivity index (χ4v) is 2.04. The quantitative estimate of drug-likeness (QED) is 0.483. The third-order valence-corrected chi connectivity index (χ3v) is 3.22. The molecule has 0 aliphatic heterocycles. The van der Waals surface area contributed by atoms with Gasteiger partial charge in [0.15, 0.2) is 0 Å². The second kappa shape index (κ2) is 4.94. The lowest BCUT2D eigenvalue weighted by molar-refractivity contribution is 0.166. The van der Waals surface area contributed by atoms with Crippen LogP contribution in [0.4, 0.5) is 0 Å². The zero-order chi connectivity index (χ0) is 9.84. The van der Waals surface area contributed by atoms with Crippen LogP contribution in [-0.2, 0) is 4.74 Å². The van der Waals surface area contributed by atoms with Crippen LogP contribution in [0.1, 0.15) is 26.7 Å². The molecular formula is C10H22N2O. The summed E-state index contributed by atoms with van der Waals surface area (Å²) in [5.41, 5.74) is 2.95. The summed E-state index contributed by atoms with van der Waals surface area (Å²) < 4.78 is 5.07. The Labute approximate surface area is 81.0 Å². The molecule has 0 heterocycles. The SMILES string of the molecule is COCCC(C)C(NN)C1CC1C. The minimum absolute atomic E-state index is 0.477. The van der Waals surface area contributed by atoms with Gasteiger partial charge in [-0.2, -0.15) is 0 Å². The molecule has 0 amide bonds. The molecule has 1 fully saturated rings. The van der Waals surface area contributed by atoms with Gasteiger partial charge in [0, 0.05) is 19.8 Å². The molecular weight excluding hydrogens is 164 g/mol. The fraction of sp³-hybridized carbons (Fsp3) is 1.00. The average Bonchev–Trinajstić information content (AvgIpc) is 2.80. The number of nitrogens with two attached hydrogens (primary N) is 1. The predicted molar refractivity (Wildman–Crippen MR) is 54.0 cm³/mol. The first-order valence-electron chi connectivity index (χ1n) is 5.15. The van der Waals surface area contributed by atoms with Gasteiger partial charge in [0.25, 0.3) is 0 Å². The van der Waals surface area contributed by atoms with E-state index in [2.05, 4.69) is 19.3 Å². The molecule has 1 aliphatic rings. The van der Waals surface area contributed by atoms with Crippen LogP contribution in [0, 0.1) is 17.8 Å². The molecule has 1 aliphatic carbocycles. The van der Waals surface area contributed by atoms with E-state index in [1.807, 2.05) is 0 Å². The summed E-state index contributed by atoms with van der Waals surface area (Å²) in [4.78, 5) is 0. The lowest BCUT2D eigenvalue weighted by Crippen LogP contribution is -2.42. The highest BCUT2D eigenvalue weighted by atomic mass is 16.5. The van der Waals surface area contributed by atoms with E-state index in [-0.39, 0.29) is 0 Å². The number of methoxy groups -OCH3 is 1. The fourth-order valence-electron chi connectivity index (χ4n) is 2.04. The summed E-state index contributed by atoms with van der Waals surface area (Å²) in [6.45, 7) is 5.37. The van der Waals surface area contributed by atoms with Crippen LogP contribution >= 0.6 is 0 Å². The van der Waals surface area contributed by atoms with Crippen molar-refractivity contribution >= 4 is 0 Å². The predicted octanol–water partition coefficient (Wildman–Crippen LogP) is 1.15. The maximum absolute atomic E-state index is 5.56. The van der Waals surface area contributed by atoms with Gasteiger partial charge in [-0.25, -0.2) is 0 Å². The largest absolute Gasteiger partial charge is 0.385 e. The number of hydrogen-bond donors (Lipinski definition) is 2. The molecule has 0 aromatic carbocycles. The van der Waals surface area contributed by atoms with E-state index in [1.165, 1.54) is 6.42 Å². The maximum Gasteiger partial charge on any atom is 0.0465 e. The Morgan fingerprint density at radius 3 is 2.62 bits per heavy atom. The Balaban J connectivity index is 2.28. The lowest BCUT2D eigenvalue weighted by atomic mass is 9.94. The van der Waals surface area contributed by atoms with Gasteiger partial charge >= 0.3 is 0 Å². The van der Waals surface area contributed by atoms with Crippen molar-refractivity contribution in [3.8, 4) is 0 Å². The summed E-state index contributed by atoms with van der Waals surface area (Å²) in [5, 5.41) is 0. The zero-order valence-electron chi connectivity index (χ0n) is 8.92. The summed E-state index contributed by atoms with van der Waals surface area (Å²) in [6, 6.07) is 0.477. The minimum atomic E-state index is 0.477. The zero-order valence-corrected chi connectivity index (χ0v) is 8.92. The van der Waals surface area contributed by atoms with Crippen molar-refractivity contribution in [2.75, 3.05) is 13.7 Å². The highest BCUT2D eigenvalue weighted by molar-refractivity contribution is 4.93.